The molecule has 0 radical (unpaired) electrons. The SMILES string of the molecule is CN1CCC(CN(C(=O)c2cccs2)c2ccccc2)(N2CCN(Cc3ccccc3)CC2)CC1. The number of carbonyl (C=O) groups excluding carboxylic acids is 1. The van der Waals surface area contributed by atoms with Crippen molar-refractivity contribution >= 4 is 22.9 Å². The molecule has 3 aromatic rings. The number of piperidine rings is 1. The van der Waals surface area contributed by atoms with E-state index in [0.29, 0.717) is 0 Å². The van der Waals surface area contributed by atoms with E-state index in [1.54, 1.807) is 0 Å². The number of likely N-dealkylation sites (tertiary alicyclic amines) is 1. The molecule has 2 aromatic carbocycles. The average Bonchev–Trinajstić information content (AvgIpc) is 3.45. The van der Waals surface area contributed by atoms with E-state index in [4.69, 9.17) is 0 Å². The van der Waals surface area contributed by atoms with Gasteiger partial charge in [0.25, 0.3) is 5.91 Å². The molecule has 2 aliphatic heterocycles. The molecule has 0 aliphatic carbocycles. The second-order valence-electron chi connectivity index (χ2n) is 9.98. The van der Waals surface area contributed by atoms with Crippen LogP contribution in [-0.2, 0) is 6.54 Å². The summed E-state index contributed by atoms with van der Waals surface area (Å²) >= 11 is 1.53. The molecule has 0 atom stereocenters. The molecule has 1 amide bonds. The molecule has 2 fully saturated rings. The summed E-state index contributed by atoms with van der Waals surface area (Å²) in [5, 5.41) is 1.99. The van der Waals surface area contributed by atoms with E-state index in [1.165, 1.54) is 16.9 Å². The van der Waals surface area contributed by atoms with Crippen LogP contribution in [0.2, 0.25) is 0 Å². The molecule has 2 saturated heterocycles. The zero-order valence-corrected chi connectivity index (χ0v) is 21.5. The number of rotatable bonds is 7. The standard InChI is InChI=1S/C29H36N4OS/c1-30-16-14-29(15-17-30,32-20-18-31(19-21-32)23-25-9-4-2-5-10-25)24-33(26-11-6-3-7-12-26)28(34)27-13-8-22-35-27/h2-13,22H,14-21,23-24H2,1H3. The van der Waals surface area contributed by atoms with Crippen LogP contribution in [0.15, 0.2) is 78.2 Å². The van der Waals surface area contributed by atoms with Gasteiger partial charge in [0, 0.05) is 50.5 Å². The summed E-state index contributed by atoms with van der Waals surface area (Å²) in [7, 11) is 2.22. The molecule has 184 valence electrons. The average molecular weight is 489 g/mol. The van der Waals surface area contributed by atoms with Crippen LogP contribution in [0, 0.1) is 0 Å². The Kier molecular flexibility index (Phi) is 7.63. The highest BCUT2D eigenvalue weighted by Gasteiger charge is 2.43. The highest BCUT2D eigenvalue weighted by atomic mass is 32.1. The van der Waals surface area contributed by atoms with Crippen molar-refractivity contribution in [1.82, 2.24) is 14.7 Å². The Hall–Kier alpha value is -2.51. The molecule has 5 rings (SSSR count). The van der Waals surface area contributed by atoms with Crippen molar-refractivity contribution < 1.29 is 4.79 Å². The predicted octanol–water partition coefficient (Wildman–Crippen LogP) is 4.68. The molecule has 0 saturated carbocycles. The van der Waals surface area contributed by atoms with E-state index in [0.717, 1.165) is 75.8 Å². The van der Waals surface area contributed by atoms with Crippen molar-refractivity contribution in [1.29, 1.82) is 0 Å². The van der Waals surface area contributed by atoms with Crippen molar-refractivity contribution in [3.8, 4) is 0 Å². The van der Waals surface area contributed by atoms with Gasteiger partial charge in [0.15, 0.2) is 0 Å². The monoisotopic (exact) mass is 488 g/mol. The third kappa shape index (κ3) is 5.67. The van der Waals surface area contributed by atoms with Crippen LogP contribution < -0.4 is 4.90 Å². The third-order valence-corrected chi connectivity index (χ3v) is 8.57. The number of anilines is 1. The minimum Gasteiger partial charge on any atom is -0.306 e. The van der Waals surface area contributed by atoms with E-state index in [1.807, 2.05) is 40.6 Å². The molecule has 0 spiro atoms. The highest BCUT2D eigenvalue weighted by Crippen LogP contribution is 2.33. The maximum absolute atomic E-state index is 13.7. The second-order valence-corrected chi connectivity index (χ2v) is 10.9. The van der Waals surface area contributed by atoms with Gasteiger partial charge in [-0.1, -0.05) is 54.6 Å². The predicted molar refractivity (Wildman–Crippen MR) is 145 cm³/mol. The van der Waals surface area contributed by atoms with E-state index < -0.39 is 0 Å². The smallest absolute Gasteiger partial charge is 0.268 e. The Morgan fingerprint density at radius 2 is 1.51 bits per heavy atom. The molecule has 0 N–H and O–H groups in total. The summed E-state index contributed by atoms with van der Waals surface area (Å²) in [4.78, 5) is 24.3. The fraction of sp³-hybridized carbons (Fsp3) is 0.414. The summed E-state index contributed by atoms with van der Waals surface area (Å²) in [6, 6.07) is 24.9. The van der Waals surface area contributed by atoms with Crippen molar-refractivity contribution in [3.05, 3.63) is 88.6 Å². The van der Waals surface area contributed by atoms with Gasteiger partial charge in [0.05, 0.1) is 4.88 Å². The first kappa shape index (κ1) is 24.2. The summed E-state index contributed by atoms with van der Waals surface area (Å²) in [5.41, 5.74) is 2.37. The number of nitrogens with zero attached hydrogens (tertiary/aromatic N) is 4. The van der Waals surface area contributed by atoms with Gasteiger partial charge in [-0.3, -0.25) is 14.6 Å². The lowest BCUT2D eigenvalue weighted by Gasteiger charge is -2.52. The molecule has 3 heterocycles. The lowest BCUT2D eigenvalue weighted by Crippen LogP contribution is -2.64. The Labute approximate surface area is 213 Å². The number of piperazine rings is 1. The van der Waals surface area contributed by atoms with Crippen LogP contribution >= 0.6 is 11.3 Å². The highest BCUT2D eigenvalue weighted by molar-refractivity contribution is 7.12. The van der Waals surface area contributed by atoms with Crippen molar-refractivity contribution in [2.75, 3.05) is 57.8 Å². The fourth-order valence-corrected chi connectivity index (χ4v) is 6.22. The van der Waals surface area contributed by atoms with Crippen LogP contribution in [0.4, 0.5) is 5.69 Å². The maximum atomic E-state index is 13.7. The normalized spacial score (nSPS) is 19.5. The molecular formula is C29H36N4OS. The van der Waals surface area contributed by atoms with Crippen LogP contribution in [0.3, 0.4) is 0 Å². The summed E-state index contributed by atoms with van der Waals surface area (Å²) in [6.07, 6.45) is 2.17. The minimum atomic E-state index is -0.00585. The van der Waals surface area contributed by atoms with Gasteiger partial charge >= 0.3 is 0 Å². The molecule has 0 bridgehead atoms. The fourth-order valence-electron chi connectivity index (χ4n) is 5.55. The molecule has 5 nitrogen and oxygen atoms in total. The largest absolute Gasteiger partial charge is 0.306 e. The van der Waals surface area contributed by atoms with Crippen LogP contribution in [0.25, 0.3) is 0 Å². The second kappa shape index (κ2) is 11.0. The Morgan fingerprint density at radius 3 is 2.14 bits per heavy atom. The van der Waals surface area contributed by atoms with E-state index in [9.17, 15) is 4.79 Å². The molecule has 35 heavy (non-hydrogen) atoms. The zero-order valence-electron chi connectivity index (χ0n) is 20.7. The van der Waals surface area contributed by atoms with Gasteiger partial charge in [-0.2, -0.15) is 0 Å². The van der Waals surface area contributed by atoms with Gasteiger partial charge < -0.3 is 9.80 Å². The molecule has 6 heteroatoms. The topological polar surface area (TPSA) is 30.0 Å². The lowest BCUT2D eigenvalue weighted by atomic mass is 9.84. The molecular weight excluding hydrogens is 452 g/mol. The zero-order chi connectivity index (χ0) is 24.1. The summed E-state index contributed by atoms with van der Waals surface area (Å²) in [5.74, 6) is 0.118. The van der Waals surface area contributed by atoms with Gasteiger partial charge in [-0.25, -0.2) is 0 Å². The first-order valence-corrected chi connectivity index (χ1v) is 13.6. The minimum absolute atomic E-state index is 0.00585. The first-order valence-electron chi connectivity index (χ1n) is 12.7. The third-order valence-electron chi connectivity index (χ3n) is 7.71. The number of amides is 1. The van der Waals surface area contributed by atoms with Gasteiger partial charge in [-0.15, -0.1) is 11.3 Å². The van der Waals surface area contributed by atoms with Gasteiger partial charge in [-0.05, 0) is 62.1 Å². The number of para-hydroxylation sites is 1. The Morgan fingerprint density at radius 1 is 0.857 bits per heavy atom. The number of thiophene rings is 1. The summed E-state index contributed by atoms with van der Waals surface area (Å²) in [6.45, 7) is 8.12. The number of benzene rings is 2. The van der Waals surface area contributed by atoms with Crippen LogP contribution in [0.1, 0.15) is 28.1 Å². The molecule has 0 unspecified atom stereocenters. The van der Waals surface area contributed by atoms with Crippen molar-refractivity contribution in [2.45, 2.75) is 24.9 Å². The van der Waals surface area contributed by atoms with E-state index >= 15 is 0 Å². The lowest BCUT2D eigenvalue weighted by molar-refractivity contribution is -0.00373. The maximum Gasteiger partial charge on any atom is 0.268 e. The van der Waals surface area contributed by atoms with Crippen molar-refractivity contribution in [2.24, 2.45) is 0 Å². The quantitative estimate of drug-likeness (QED) is 0.483. The number of carbonyl (C=O) groups is 1. The number of hydrogen-bond acceptors (Lipinski definition) is 5. The van der Waals surface area contributed by atoms with E-state index in [-0.39, 0.29) is 11.4 Å². The summed E-state index contributed by atoms with van der Waals surface area (Å²) < 4.78 is 0. The molecule has 2 aliphatic rings. The Balaban J connectivity index is 1.36. The first-order chi connectivity index (χ1) is 17.1. The van der Waals surface area contributed by atoms with Crippen molar-refractivity contribution in [3.63, 3.8) is 0 Å². The van der Waals surface area contributed by atoms with Gasteiger partial charge in [0.1, 0.15) is 0 Å². The van der Waals surface area contributed by atoms with E-state index in [2.05, 4.69) is 64.2 Å². The van der Waals surface area contributed by atoms with Gasteiger partial charge in [0.2, 0.25) is 0 Å². The Bertz CT molecular complexity index is 1060. The van der Waals surface area contributed by atoms with Crippen LogP contribution in [0.5, 0.6) is 0 Å². The molecule has 1 aromatic heterocycles. The number of hydrogen-bond donors (Lipinski definition) is 0. The van der Waals surface area contributed by atoms with Crippen LogP contribution in [-0.4, -0.2) is 79.0 Å².